The van der Waals surface area contributed by atoms with Gasteiger partial charge in [0.15, 0.2) is 0 Å². The molecule has 3 heterocycles. The number of amides is 1. The second-order valence-corrected chi connectivity index (χ2v) is 10.7. The van der Waals surface area contributed by atoms with E-state index in [-0.39, 0.29) is 11.6 Å². The summed E-state index contributed by atoms with van der Waals surface area (Å²) in [5.74, 6) is -0.186. The van der Waals surface area contributed by atoms with Crippen molar-refractivity contribution in [2.45, 2.75) is 31.6 Å². The molecule has 2 aliphatic heterocycles. The fraction of sp³-hybridized carbons (Fsp3) is 0.281. The van der Waals surface area contributed by atoms with Crippen molar-refractivity contribution in [3.05, 3.63) is 106 Å². The molecule has 1 atom stereocenters. The Morgan fingerprint density at radius 2 is 1.80 bits per heavy atom. The number of likely N-dealkylation sites (tertiary alicyclic amines) is 1. The van der Waals surface area contributed by atoms with E-state index in [9.17, 15) is 14.9 Å². The van der Waals surface area contributed by atoms with Crippen molar-refractivity contribution in [3.8, 4) is 11.4 Å². The number of non-ortho nitro benzene ring substituents is 1. The first-order valence-electron chi connectivity index (χ1n) is 14.0. The minimum atomic E-state index is -0.779. The zero-order valence-corrected chi connectivity index (χ0v) is 23.0. The number of aryl methyl sites for hydroxylation is 1. The van der Waals surface area contributed by atoms with Gasteiger partial charge in [-0.05, 0) is 73.8 Å². The van der Waals surface area contributed by atoms with Gasteiger partial charge in [-0.1, -0.05) is 30.7 Å². The number of nitro benzene ring substituents is 1. The van der Waals surface area contributed by atoms with Crippen LogP contribution in [0.25, 0.3) is 11.4 Å². The number of fused-ring (bicyclic) bond motifs is 1. The van der Waals surface area contributed by atoms with Gasteiger partial charge in [-0.25, -0.2) is 4.98 Å². The maximum atomic E-state index is 13.3. The van der Waals surface area contributed by atoms with Crippen molar-refractivity contribution in [2.75, 3.05) is 25.0 Å². The first kappa shape index (κ1) is 26.6. The first-order valence-corrected chi connectivity index (χ1v) is 14.0. The summed E-state index contributed by atoms with van der Waals surface area (Å²) < 4.78 is 1.95. The molecule has 0 saturated carbocycles. The third-order valence-electron chi connectivity index (χ3n) is 7.96. The zero-order chi connectivity index (χ0) is 28.3. The van der Waals surface area contributed by atoms with Crippen LogP contribution in [-0.2, 0) is 18.3 Å². The van der Waals surface area contributed by atoms with Crippen molar-refractivity contribution in [2.24, 2.45) is 12.0 Å². The lowest BCUT2D eigenvalue weighted by Crippen LogP contribution is -2.31. The summed E-state index contributed by atoms with van der Waals surface area (Å²) in [5, 5.41) is 14.4. The Morgan fingerprint density at radius 1 is 1.05 bits per heavy atom. The zero-order valence-electron chi connectivity index (χ0n) is 23.0. The van der Waals surface area contributed by atoms with Gasteiger partial charge in [0.2, 0.25) is 5.91 Å². The number of nitrogens with zero attached hydrogens (tertiary/aromatic N) is 5. The summed E-state index contributed by atoms with van der Waals surface area (Å²) in [5.41, 5.74) is 5.29. The van der Waals surface area contributed by atoms with Crippen LogP contribution in [0.15, 0.2) is 84.1 Å². The third-order valence-corrected chi connectivity index (χ3v) is 7.96. The number of anilines is 1. The Kier molecular flexibility index (Phi) is 7.43. The number of rotatable bonds is 8. The van der Waals surface area contributed by atoms with Crippen LogP contribution < -0.4 is 5.32 Å². The van der Waals surface area contributed by atoms with Crippen LogP contribution in [0.3, 0.4) is 0 Å². The third kappa shape index (κ3) is 5.67. The molecule has 1 unspecified atom stereocenters. The van der Waals surface area contributed by atoms with Gasteiger partial charge in [-0.15, -0.1) is 0 Å². The number of imidazole rings is 1. The standard InChI is InChI=1S/C32H32N6O3/c1-36-20-16-33-31(36)24-9-11-25(12-10-24)34-30(29-27-21-26(38(40)41)13-14-28(27)35-32(29)39)23-7-5-22(6-8-23)15-19-37-17-3-2-4-18-37/h5-14,16,20-21,29H,2-4,15,17-19H2,1H3,(H,35,39). The lowest BCUT2D eigenvalue weighted by molar-refractivity contribution is -0.384. The van der Waals surface area contributed by atoms with E-state index in [2.05, 4.69) is 27.3 Å². The fourth-order valence-corrected chi connectivity index (χ4v) is 5.71. The lowest BCUT2D eigenvalue weighted by atomic mass is 9.90. The summed E-state index contributed by atoms with van der Waals surface area (Å²) in [6.45, 7) is 3.36. The van der Waals surface area contributed by atoms with Crippen molar-refractivity contribution < 1.29 is 9.72 Å². The molecule has 0 bridgehead atoms. The summed E-state index contributed by atoms with van der Waals surface area (Å²) in [6.07, 6.45) is 8.46. The summed E-state index contributed by atoms with van der Waals surface area (Å²) >= 11 is 0. The number of carbonyl (C=O) groups is 1. The molecular formula is C32H32N6O3. The maximum Gasteiger partial charge on any atom is 0.269 e. The van der Waals surface area contributed by atoms with Gasteiger partial charge >= 0.3 is 0 Å². The molecule has 2 aliphatic rings. The largest absolute Gasteiger partial charge is 0.334 e. The highest BCUT2D eigenvalue weighted by atomic mass is 16.6. The number of hydrogen-bond donors (Lipinski definition) is 1. The number of nitro groups is 1. The highest BCUT2D eigenvalue weighted by Gasteiger charge is 2.36. The highest BCUT2D eigenvalue weighted by Crippen LogP contribution is 2.38. The number of carbonyl (C=O) groups excluding carboxylic acids is 1. The molecule has 0 radical (unpaired) electrons. The lowest BCUT2D eigenvalue weighted by Gasteiger charge is -2.26. The Bertz CT molecular complexity index is 1600. The Labute approximate surface area is 238 Å². The van der Waals surface area contributed by atoms with Crippen LogP contribution in [0.5, 0.6) is 0 Å². The van der Waals surface area contributed by atoms with Crippen LogP contribution in [0.2, 0.25) is 0 Å². The molecule has 9 heteroatoms. The van der Waals surface area contributed by atoms with E-state index in [4.69, 9.17) is 4.99 Å². The monoisotopic (exact) mass is 548 g/mol. The van der Waals surface area contributed by atoms with Crippen molar-refractivity contribution >= 4 is 28.7 Å². The van der Waals surface area contributed by atoms with Gasteiger partial charge in [-0.3, -0.25) is 19.9 Å². The Balaban J connectivity index is 1.35. The molecule has 0 spiro atoms. The number of hydrogen-bond acceptors (Lipinski definition) is 6. The normalized spacial score (nSPS) is 17.3. The van der Waals surface area contributed by atoms with Gasteiger partial charge in [0.1, 0.15) is 11.7 Å². The summed E-state index contributed by atoms with van der Waals surface area (Å²) in [7, 11) is 1.94. The van der Waals surface area contributed by atoms with Gasteiger partial charge in [0, 0.05) is 54.9 Å². The smallest absolute Gasteiger partial charge is 0.269 e. The Morgan fingerprint density at radius 3 is 2.49 bits per heavy atom. The van der Waals surface area contributed by atoms with Gasteiger partial charge < -0.3 is 14.8 Å². The predicted molar refractivity (Wildman–Crippen MR) is 160 cm³/mol. The minimum absolute atomic E-state index is 0.0583. The van der Waals surface area contributed by atoms with E-state index in [0.29, 0.717) is 22.6 Å². The van der Waals surface area contributed by atoms with E-state index in [1.807, 2.05) is 54.2 Å². The Hall–Kier alpha value is -4.63. The van der Waals surface area contributed by atoms with E-state index in [1.54, 1.807) is 12.3 Å². The summed E-state index contributed by atoms with van der Waals surface area (Å²) in [6, 6.07) is 20.4. The molecule has 208 valence electrons. The number of piperidine rings is 1. The molecule has 1 fully saturated rings. The molecule has 1 saturated heterocycles. The molecule has 1 aromatic heterocycles. The number of aliphatic imine (C=N–C) groups is 1. The van der Waals surface area contributed by atoms with E-state index >= 15 is 0 Å². The van der Waals surface area contributed by atoms with Crippen LogP contribution in [0, 0.1) is 10.1 Å². The van der Waals surface area contributed by atoms with Gasteiger partial charge in [-0.2, -0.15) is 0 Å². The van der Waals surface area contributed by atoms with E-state index in [0.717, 1.165) is 43.0 Å². The second kappa shape index (κ2) is 11.5. The molecule has 4 aromatic rings. The molecule has 3 aromatic carbocycles. The molecular weight excluding hydrogens is 516 g/mol. The molecule has 1 amide bonds. The number of benzene rings is 3. The van der Waals surface area contributed by atoms with Gasteiger partial charge in [0.25, 0.3) is 5.69 Å². The molecule has 6 rings (SSSR count). The number of nitrogens with one attached hydrogen (secondary N) is 1. The minimum Gasteiger partial charge on any atom is -0.334 e. The van der Waals surface area contributed by atoms with Crippen LogP contribution >= 0.6 is 0 Å². The quantitative estimate of drug-likeness (QED) is 0.168. The van der Waals surface area contributed by atoms with Gasteiger partial charge in [0.05, 0.1) is 16.3 Å². The number of aromatic nitrogens is 2. The van der Waals surface area contributed by atoms with Crippen molar-refractivity contribution in [3.63, 3.8) is 0 Å². The van der Waals surface area contributed by atoms with E-state index < -0.39 is 10.8 Å². The van der Waals surface area contributed by atoms with Crippen LogP contribution in [0.4, 0.5) is 17.1 Å². The maximum absolute atomic E-state index is 13.3. The van der Waals surface area contributed by atoms with Crippen LogP contribution in [-0.4, -0.2) is 50.6 Å². The van der Waals surface area contributed by atoms with Crippen LogP contribution in [0.1, 0.15) is 41.9 Å². The average Bonchev–Trinajstić information content (AvgIpc) is 3.57. The summed E-state index contributed by atoms with van der Waals surface area (Å²) in [4.78, 5) is 36.3. The first-order chi connectivity index (χ1) is 20.0. The van der Waals surface area contributed by atoms with Crippen molar-refractivity contribution in [1.29, 1.82) is 0 Å². The molecule has 1 N–H and O–H groups in total. The SMILES string of the molecule is Cn1ccnc1-c1ccc(N=C(c2ccc(CCN3CCCCC3)cc2)C2C(=O)Nc3ccc([N+](=O)[O-])cc32)cc1. The second-order valence-electron chi connectivity index (χ2n) is 10.7. The molecule has 9 nitrogen and oxygen atoms in total. The topological polar surface area (TPSA) is 106 Å². The van der Waals surface area contributed by atoms with Crippen molar-refractivity contribution in [1.82, 2.24) is 14.5 Å². The van der Waals surface area contributed by atoms with E-state index in [1.165, 1.54) is 37.0 Å². The molecule has 0 aliphatic carbocycles. The highest BCUT2D eigenvalue weighted by molar-refractivity contribution is 6.24. The fourth-order valence-electron chi connectivity index (χ4n) is 5.71. The molecule has 41 heavy (non-hydrogen) atoms. The predicted octanol–water partition coefficient (Wildman–Crippen LogP) is 5.88. The average molecular weight is 549 g/mol.